The van der Waals surface area contributed by atoms with Crippen molar-refractivity contribution in [2.75, 3.05) is 0 Å². The van der Waals surface area contributed by atoms with Gasteiger partial charge < -0.3 is 8.83 Å². The lowest BCUT2D eigenvalue weighted by Gasteiger charge is -2.24. The van der Waals surface area contributed by atoms with Crippen LogP contribution in [0.25, 0.3) is 78.5 Å². The van der Waals surface area contributed by atoms with Crippen LogP contribution in [-0.4, -0.2) is 9.97 Å². The summed E-state index contributed by atoms with van der Waals surface area (Å²) < 4.78 is 78.6. The average Bonchev–Trinajstić information content (AvgIpc) is 3.95. The normalized spacial score (nSPS) is 17.3. The smallest absolute Gasteiger partial charge is 0.227 e. The first kappa shape index (κ1) is 20.5. The molecule has 10 rings (SSSR count). The second-order valence-electron chi connectivity index (χ2n) is 13.7. The van der Waals surface area contributed by atoms with Crippen molar-refractivity contribution in [3.63, 3.8) is 0 Å². The van der Waals surface area contributed by atoms with E-state index in [9.17, 15) is 0 Å². The minimum atomic E-state index is -0.425. The molecule has 8 aromatic rings. The quantitative estimate of drug-likeness (QED) is 0.195. The number of hydrogen-bond acceptors (Lipinski definition) is 4. The van der Waals surface area contributed by atoms with E-state index in [0.717, 1.165) is 22.3 Å². The number of hydrogen-bond donors (Lipinski definition) is 0. The Morgan fingerprint density at radius 1 is 0.479 bits per heavy atom. The highest BCUT2D eigenvalue weighted by Gasteiger charge is 2.41. The zero-order valence-corrected chi connectivity index (χ0v) is 26.6. The van der Waals surface area contributed by atoms with Gasteiger partial charge in [-0.1, -0.05) is 88.3 Å². The number of benzene rings is 6. The van der Waals surface area contributed by atoms with E-state index in [1.165, 1.54) is 33.4 Å². The van der Waals surface area contributed by atoms with Gasteiger partial charge in [0.2, 0.25) is 11.8 Å². The highest BCUT2D eigenvalue weighted by Crippen LogP contribution is 2.56. The van der Waals surface area contributed by atoms with Gasteiger partial charge in [-0.05, 0) is 116 Å². The van der Waals surface area contributed by atoms with Crippen molar-refractivity contribution in [2.24, 2.45) is 0 Å². The predicted molar refractivity (Wildman–Crippen MR) is 193 cm³/mol. The third-order valence-electron chi connectivity index (χ3n) is 10.2. The van der Waals surface area contributed by atoms with Gasteiger partial charge in [0, 0.05) is 22.0 Å². The van der Waals surface area contributed by atoms with Crippen LogP contribution in [0.5, 0.6) is 0 Å². The van der Waals surface area contributed by atoms with E-state index in [-0.39, 0.29) is 69.0 Å². The summed E-state index contributed by atoms with van der Waals surface area (Å²) in [7, 11) is 0. The fourth-order valence-electron chi connectivity index (χ4n) is 7.73. The molecule has 0 atom stereocenters. The summed E-state index contributed by atoms with van der Waals surface area (Å²) in [6, 6.07) is 22.2. The first-order chi connectivity index (χ1) is 26.6. The fraction of sp³-hybridized carbons (Fsp3) is 0.136. The molecule has 4 heteroatoms. The van der Waals surface area contributed by atoms with E-state index in [0.29, 0.717) is 11.1 Å². The first-order valence-corrected chi connectivity index (χ1v) is 15.9. The first-order valence-electron chi connectivity index (χ1n) is 19.9. The molecule has 230 valence electrons. The molecule has 0 N–H and O–H groups in total. The van der Waals surface area contributed by atoms with Crippen molar-refractivity contribution in [3.05, 3.63) is 143 Å². The number of oxazole rings is 2. The standard InChI is InChI=1S/C44H32N2O2/c1-43(2)33-12-6-5-11-29(33)31-23-36-32(24-35(31)43)30-18-17-25(22-34(30)44(36,3)4)26-19-27(41-45-37-13-7-9-15-39(37)47-41)21-28(20-26)42-46-38-14-8-10-16-40(38)48-42/h5-24H,1-4H3/i7D,8D,9D,10D,13D,14D,15D,16D. The van der Waals surface area contributed by atoms with Gasteiger partial charge in [-0.3, -0.25) is 0 Å². The van der Waals surface area contributed by atoms with E-state index in [2.05, 4.69) is 92.3 Å². The highest BCUT2D eigenvalue weighted by atomic mass is 16.4. The van der Waals surface area contributed by atoms with Crippen molar-refractivity contribution >= 4 is 22.2 Å². The molecule has 0 bridgehead atoms. The molecule has 0 saturated carbocycles. The van der Waals surface area contributed by atoms with Gasteiger partial charge in [0.05, 0.1) is 11.0 Å². The van der Waals surface area contributed by atoms with Crippen LogP contribution < -0.4 is 0 Å². The molecule has 0 aliphatic heterocycles. The topological polar surface area (TPSA) is 52.1 Å². The van der Waals surface area contributed by atoms with Crippen molar-refractivity contribution < 1.29 is 19.8 Å². The van der Waals surface area contributed by atoms with Crippen LogP contribution in [-0.2, 0) is 10.8 Å². The second-order valence-corrected chi connectivity index (χ2v) is 13.7. The molecule has 6 aromatic carbocycles. The Bertz CT molecular complexity index is 2880. The summed E-state index contributed by atoms with van der Waals surface area (Å²) in [5.41, 5.74) is 11.8. The lowest BCUT2D eigenvalue weighted by atomic mass is 9.79. The maximum Gasteiger partial charge on any atom is 0.227 e. The largest absolute Gasteiger partial charge is 0.436 e. The predicted octanol–water partition coefficient (Wildman–Crippen LogP) is 11.6. The van der Waals surface area contributed by atoms with Gasteiger partial charge in [-0.2, -0.15) is 0 Å². The second kappa shape index (κ2) is 9.42. The third kappa shape index (κ3) is 3.77. The van der Waals surface area contributed by atoms with Crippen LogP contribution in [0, 0.1) is 0 Å². The van der Waals surface area contributed by atoms with Gasteiger partial charge in [-0.25, -0.2) is 9.97 Å². The molecule has 0 fully saturated rings. The molecule has 2 heterocycles. The van der Waals surface area contributed by atoms with Gasteiger partial charge in [0.1, 0.15) is 11.0 Å². The summed E-state index contributed by atoms with van der Waals surface area (Å²) in [5, 5.41) is 0. The van der Waals surface area contributed by atoms with Gasteiger partial charge >= 0.3 is 0 Å². The molecule has 4 nitrogen and oxygen atoms in total. The Morgan fingerprint density at radius 2 is 0.979 bits per heavy atom. The van der Waals surface area contributed by atoms with E-state index in [1.807, 2.05) is 12.1 Å². The zero-order valence-electron chi connectivity index (χ0n) is 34.6. The maximum atomic E-state index is 8.45. The molecule has 0 amide bonds. The minimum Gasteiger partial charge on any atom is -0.436 e. The van der Waals surface area contributed by atoms with Gasteiger partial charge in [0.25, 0.3) is 0 Å². The molecule has 0 spiro atoms. The zero-order chi connectivity index (χ0) is 39.3. The number of fused-ring (bicyclic) bond motifs is 8. The van der Waals surface area contributed by atoms with Crippen LogP contribution in [0.15, 0.2) is 130 Å². The molecule has 2 aliphatic rings. The van der Waals surface area contributed by atoms with Crippen molar-refractivity contribution in [1.29, 1.82) is 0 Å². The Morgan fingerprint density at radius 3 is 1.60 bits per heavy atom. The molecular formula is C44H32N2O2. The monoisotopic (exact) mass is 628 g/mol. The number of aromatic nitrogens is 2. The lowest BCUT2D eigenvalue weighted by Crippen LogP contribution is -2.17. The molecule has 48 heavy (non-hydrogen) atoms. The molecule has 2 aliphatic carbocycles. The Hall–Kier alpha value is -5.74. The Balaban J connectivity index is 1.17. The van der Waals surface area contributed by atoms with Crippen molar-refractivity contribution in [2.45, 2.75) is 38.5 Å². The minimum absolute atomic E-state index is 0.00166. The third-order valence-corrected chi connectivity index (χ3v) is 10.2. The van der Waals surface area contributed by atoms with E-state index in [4.69, 9.17) is 19.8 Å². The van der Waals surface area contributed by atoms with E-state index >= 15 is 0 Å². The number of para-hydroxylation sites is 4. The highest BCUT2D eigenvalue weighted by molar-refractivity contribution is 5.91. The molecule has 0 radical (unpaired) electrons. The summed E-state index contributed by atoms with van der Waals surface area (Å²) in [6.07, 6.45) is 0. The van der Waals surface area contributed by atoms with E-state index in [1.54, 1.807) is 6.07 Å². The number of nitrogens with zero attached hydrogens (tertiary/aromatic N) is 2. The average molecular weight is 629 g/mol. The Labute approximate surface area is 290 Å². The van der Waals surface area contributed by atoms with Crippen LogP contribution in [0.2, 0.25) is 0 Å². The van der Waals surface area contributed by atoms with Gasteiger partial charge in [0.15, 0.2) is 11.2 Å². The van der Waals surface area contributed by atoms with Crippen LogP contribution in [0.3, 0.4) is 0 Å². The van der Waals surface area contributed by atoms with Crippen LogP contribution in [0.1, 0.15) is 60.9 Å². The lowest BCUT2D eigenvalue weighted by molar-refractivity contribution is 0.617. The van der Waals surface area contributed by atoms with Crippen LogP contribution >= 0.6 is 0 Å². The summed E-state index contributed by atoms with van der Waals surface area (Å²) in [4.78, 5) is 9.07. The van der Waals surface area contributed by atoms with E-state index < -0.39 is 24.2 Å². The Kier molecular flexibility index (Phi) is 4.02. The fourth-order valence-corrected chi connectivity index (χ4v) is 7.73. The molecule has 0 unspecified atom stereocenters. The van der Waals surface area contributed by atoms with Crippen LogP contribution in [0.4, 0.5) is 0 Å². The van der Waals surface area contributed by atoms with Crippen molar-refractivity contribution in [3.8, 4) is 56.3 Å². The SMILES string of the molecule is [2H]c1c([2H])c([2H])c2oc(-c3cc(-c4ccc5c(c4)C(C)(C)c4cc6c(cc4-5)C(C)(C)c4ccccc4-6)cc(-c4nc5c([2H])c([2H])c([2H])c([2H])c5o4)c3)nc2c1[2H]. The summed E-state index contributed by atoms with van der Waals surface area (Å²) in [5.74, 6) is 0.114. The maximum absolute atomic E-state index is 8.45. The molecule has 0 saturated heterocycles. The molecular weight excluding hydrogens is 588 g/mol. The van der Waals surface area contributed by atoms with Crippen molar-refractivity contribution in [1.82, 2.24) is 9.97 Å². The summed E-state index contributed by atoms with van der Waals surface area (Å²) in [6.45, 7) is 9.06. The summed E-state index contributed by atoms with van der Waals surface area (Å²) >= 11 is 0. The number of rotatable bonds is 3. The van der Waals surface area contributed by atoms with Gasteiger partial charge in [-0.15, -0.1) is 0 Å². The molecule has 2 aromatic heterocycles.